The molecule has 0 saturated heterocycles. The molecule has 1 aromatic rings. The molecule has 0 bridgehead atoms. The summed E-state index contributed by atoms with van der Waals surface area (Å²) >= 11 is 6.06. The highest BCUT2D eigenvalue weighted by Gasteiger charge is 2.21. The van der Waals surface area contributed by atoms with E-state index in [1.807, 2.05) is 6.92 Å². The maximum Gasteiger partial charge on any atom is 0.384 e. The second kappa shape index (κ2) is 5.11. The number of hydrogen-bond donors (Lipinski definition) is 0. The third-order valence-electron chi connectivity index (χ3n) is 2.23. The minimum absolute atomic E-state index is 0.0656. The van der Waals surface area contributed by atoms with Gasteiger partial charge in [-0.2, -0.15) is 0 Å². The van der Waals surface area contributed by atoms with Crippen molar-refractivity contribution in [2.75, 3.05) is 0 Å². The molecule has 0 amide bonds. The molecule has 15 heavy (non-hydrogen) atoms. The van der Waals surface area contributed by atoms with Gasteiger partial charge < -0.3 is 14.7 Å². The van der Waals surface area contributed by atoms with Crippen LogP contribution in [0, 0.1) is 10.1 Å². The van der Waals surface area contributed by atoms with Crippen LogP contribution in [-0.2, 0) is 13.5 Å². The van der Waals surface area contributed by atoms with Crippen LogP contribution in [-0.4, -0.2) is 19.9 Å². The van der Waals surface area contributed by atoms with Crippen molar-refractivity contribution >= 4 is 17.4 Å². The van der Waals surface area contributed by atoms with Crippen LogP contribution in [0.25, 0.3) is 0 Å². The van der Waals surface area contributed by atoms with Crippen LogP contribution in [0.4, 0.5) is 5.82 Å². The Bertz CT molecular complexity index is 351. The third kappa shape index (κ3) is 2.92. The van der Waals surface area contributed by atoms with E-state index in [4.69, 9.17) is 11.6 Å². The molecule has 1 aromatic heterocycles. The van der Waals surface area contributed by atoms with Crippen LogP contribution < -0.4 is 0 Å². The van der Waals surface area contributed by atoms with E-state index in [1.54, 1.807) is 11.6 Å². The number of hydrogen-bond acceptors (Lipinski definition) is 3. The summed E-state index contributed by atoms with van der Waals surface area (Å²) in [6.07, 6.45) is 3.76. The summed E-state index contributed by atoms with van der Waals surface area (Å²) in [4.78, 5) is 13.9. The van der Waals surface area contributed by atoms with E-state index >= 15 is 0 Å². The van der Waals surface area contributed by atoms with E-state index in [-0.39, 0.29) is 11.2 Å². The number of rotatable bonds is 5. The molecule has 0 spiro atoms. The average Bonchev–Trinajstić information content (AvgIpc) is 2.48. The molecule has 0 radical (unpaired) electrons. The first-order valence-corrected chi connectivity index (χ1v) is 5.28. The topological polar surface area (TPSA) is 61.0 Å². The second-order valence-corrected chi connectivity index (χ2v) is 4.09. The molecule has 0 aliphatic carbocycles. The molecule has 84 valence electrons. The third-order valence-corrected chi connectivity index (χ3v) is 2.60. The standard InChI is InChI=1S/C9H14ClN3O2/c1-3-4-7(10)5-8-9(13(14)15)11-6-12(8)2/h6-7H,3-5H2,1-2H3. The minimum atomic E-state index is -0.467. The molecule has 0 aliphatic heterocycles. The summed E-state index contributed by atoms with van der Waals surface area (Å²) in [6, 6.07) is 0. The average molecular weight is 232 g/mol. The molecule has 5 nitrogen and oxygen atoms in total. The SMILES string of the molecule is CCCC(Cl)Cc1c([N+](=O)[O-])ncn1C. The van der Waals surface area contributed by atoms with Crippen molar-refractivity contribution in [3.05, 3.63) is 22.1 Å². The van der Waals surface area contributed by atoms with Crippen LogP contribution >= 0.6 is 11.6 Å². The van der Waals surface area contributed by atoms with E-state index in [0.717, 1.165) is 12.8 Å². The largest absolute Gasteiger partial charge is 0.384 e. The lowest BCUT2D eigenvalue weighted by atomic mass is 10.1. The number of aryl methyl sites for hydroxylation is 1. The van der Waals surface area contributed by atoms with Gasteiger partial charge in [0, 0.05) is 18.8 Å². The fourth-order valence-electron chi connectivity index (χ4n) is 1.46. The molecule has 1 heterocycles. The summed E-state index contributed by atoms with van der Waals surface area (Å²) in [5, 5.41) is 10.6. The Labute approximate surface area is 93.2 Å². The Hall–Kier alpha value is -1.10. The number of imidazole rings is 1. The van der Waals surface area contributed by atoms with Crippen LogP contribution in [0.2, 0.25) is 0 Å². The first kappa shape index (κ1) is 12.0. The zero-order valence-electron chi connectivity index (χ0n) is 8.81. The fraction of sp³-hybridized carbons (Fsp3) is 0.667. The van der Waals surface area contributed by atoms with Crippen molar-refractivity contribution in [3.8, 4) is 0 Å². The van der Waals surface area contributed by atoms with E-state index < -0.39 is 4.92 Å². The predicted octanol–water partition coefficient (Wildman–Crippen LogP) is 2.28. The Morgan fingerprint density at radius 2 is 2.40 bits per heavy atom. The van der Waals surface area contributed by atoms with Crippen molar-refractivity contribution in [3.63, 3.8) is 0 Å². The van der Waals surface area contributed by atoms with Gasteiger partial charge in [-0.15, -0.1) is 11.6 Å². The summed E-state index contributed by atoms with van der Waals surface area (Å²) < 4.78 is 1.66. The molecule has 1 unspecified atom stereocenters. The van der Waals surface area contributed by atoms with E-state index in [9.17, 15) is 10.1 Å². The lowest BCUT2D eigenvalue weighted by molar-refractivity contribution is -0.390. The summed E-state index contributed by atoms with van der Waals surface area (Å²) in [6.45, 7) is 2.03. The first-order chi connectivity index (χ1) is 7.06. The molecular weight excluding hydrogens is 218 g/mol. The van der Waals surface area contributed by atoms with Gasteiger partial charge >= 0.3 is 5.82 Å². The van der Waals surface area contributed by atoms with Crippen molar-refractivity contribution in [2.24, 2.45) is 7.05 Å². The zero-order chi connectivity index (χ0) is 11.4. The van der Waals surface area contributed by atoms with Crippen molar-refractivity contribution in [1.82, 2.24) is 9.55 Å². The summed E-state index contributed by atoms with van der Waals surface area (Å²) in [7, 11) is 1.74. The van der Waals surface area contributed by atoms with Gasteiger partial charge in [0.1, 0.15) is 5.69 Å². The van der Waals surface area contributed by atoms with Crippen molar-refractivity contribution in [1.29, 1.82) is 0 Å². The van der Waals surface area contributed by atoms with Gasteiger partial charge in [-0.05, 0) is 16.3 Å². The quantitative estimate of drug-likeness (QED) is 0.444. The Kier molecular flexibility index (Phi) is 4.08. The van der Waals surface area contributed by atoms with Crippen LogP contribution in [0.15, 0.2) is 6.33 Å². The van der Waals surface area contributed by atoms with Crippen LogP contribution in [0.5, 0.6) is 0 Å². The van der Waals surface area contributed by atoms with Gasteiger partial charge in [-0.3, -0.25) is 0 Å². The molecule has 6 heteroatoms. The number of nitro groups is 1. The Balaban J connectivity index is 2.83. The zero-order valence-corrected chi connectivity index (χ0v) is 9.57. The molecular formula is C9H14ClN3O2. The number of aromatic nitrogens is 2. The molecule has 1 rings (SSSR count). The monoisotopic (exact) mass is 231 g/mol. The highest BCUT2D eigenvalue weighted by atomic mass is 35.5. The lowest BCUT2D eigenvalue weighted by Crippen LogP contribution is -2.08. The van der Waals surface area contributed by atoms with E-state index in [0.29, 0.717) is 12.1 Å². The Morgan fingerprint density at radius 1 is 1.73 bits per heavy atom. The van der Waals surface area contributed by atoms with Gasteiger partial charge in [0.05, 0.1) is 0 Å². The van der Waals surface area contributed by atoms with E-state index in [2.05, 4.69) is 4.98 Å². The molecule has 0 N–H and O–H groups in total. The van der Waals surface area contributed by atoms with Gasteiger partial charge in [-0.25, -0.2) is 0 Å². The van der Waals surface area contributed by atoms with Crippen molar-refractivity contribution < 1.29 is 4.92 Å². The maximum absolute atomic E-state index is 10.7. The maximum atomic E-state index is 10.7. The molecule has 1 atom stereocenters. The van der Waals surface area contributed by atoms with Gasteiger partial charge in [-0.1, -0.05) is 13.3 Å². The lowest BCUT2D eigenvalue weighted by Gasteiger charge is -2.07. The van der Waals surface area contributed by atoms with Gasteiger partial charge in [0.2, 0.25) is 6.33 Å². The fourth-order valence-corrected chi connectivity index (χ4v) is 1.82. The first-order valence-electron chi connectivity index (χ1n) is 4.84. The normalized spacial score (nSPS) is 12.7. The number of halogens is 1. The molecule has 0 saturated carbocycles. The smallest absolute Gasteiger partial charge is 0.358 e. The minimum Gasteiger partial charge on any atom is -0.358 e. The second-order valence-electron chi connectivity index (χ2n) is 3.47. The summed E-state index contributed by atoms with van der Waals surface area (Å²) in [5.41, 5.74) is 0.591. The molecule has 0 fully saturated rings. The molecule has 0 aliphatic rings. The van der Waals surface area contributed by atoms with Crippen LogP contribution in [0.3, 0.4) is 0 Å². The number of nitrogens with zero attached hydrogens (tertiary/aromatic N) is 3. The summed E-state index contributed by atoms with van der Waals surface area (Å²) in [5.74, 6) is -0.0840. The Morgan fingerprint density at radius 3 is 2.93 bits per heavy atom. The molecule has 0 aromatic carbocycles. The van der Waals surface area contributed by atoms with Crippen molar-refractivity contribution in [2.45, 2.75) is 31.6 Å². The highest BCUT2D eigenvalue weighted by Crippen LogP contribution is 2.20. The van der Waals surface area contributed by atoms with Gasteiger partial charge in [0.25, 0.3) is 0 Å². The van der Waals surface area contributed by atoms with Gasteiger partial charge in [0.15, 0.2) is 0 Å². The van der Waals surface area contributed by atoms with Crippen LogP contribution in [0.1, 0.15) is 25.5 Å². The number of alkyl halides is 1. The predicted molar refractivity (Wildman–Crippen MR) is 58.1 cm³/mol. The van der Waals surface area contributed by atoms with E-state index in [1.165, 1.54) is 6.33 Å². The highest BCUT2D eigenvalue weighted by molar-refractivity contribution is 6.20.